The maximum absolute atomic E-state index is 13.7. The van der Waals surface area contributed by atoms with Crippen molar-refractivity contribution in [2.24, 2.45) is 0 Å². The lowest BCUT2D eigenvalue weighted by Crippen LogP contribution is -2.19. The predicted octanol–water partition coefficient (Wildman–Crippen LogP) is 4.56. The van der Waals surface area contributed by atoms with Gasteiger partial charge >= 0.3 is 5.97 Å². The number of rotatable bonds is 8. The van der Waals surface area contributed by atoms with Crippen LogP contribution in [0.25, 0.3) is 23.0 Å². The number of carboxylic acids is 1. The van der Waals surface area contributed by atoms with E-state index in [1.165, 1.54) is 18.2 Å². The summed E-state index contributed by atoms with van der Waals surface area (Å²) in [6.07, 6.45) is 0.447. The molecule has 0 amide bonds. The highest BCUT2D eigenvalue weighted by Gasteiger charge is 2.23. The summed E-state index contributed by atoms with van der Waals surface area (Å²) in [5, 5.41) is 33.9. The van der Waals surface area contributed by atoms with Gasteiger partial charge in [0.25, 0.3) is 0 Å². The van der Waals surface area contributed by atoms with Crippen LogP contribution in [-0.4, -0.2) is 48.1 Å². The number of aliphatic hydroxyl groups excluding tert-OH is 2. The van der Waals surface area contributed by atoms with Gasteiger partial charge in [-0.25, -0.2) is 13.9 Å². The number of benzene rings is 1. The Morgan fingerprint density at radius 2 is 1.82 bits per heavy atom. The zero-order chi connectivity index (χ0) is 25.2. The fourth-order valence-electron chi connectivity index (χ4n) is 3.74. The Balaban J connectivity index is 2.19. The van der Waals surface area contributed by atoms with E-state index in [1.807, 2.05) is 19.9 Å². The number of carbonyl (C=O) groups is 1. The van der Waals surface area contributed by atoms with E-state index in [1.54, 1.807) is 22.7 Å². The second kappa shape index (κ2) is 10.0. The first-order chi connectivity index (χ1) is 15.9. The number of fused-ring (bicyclic) bond motifs is 1. The molecule has 8 heteroatoms. The van der Waals surface area contributed by atoms with Crippen molar-refractivity contribution < 1.29 is 24.5 Å². The summed E-state index contributed by atoms with van der Waals surface area (Å²) in [7, 11) is 0. The molecule has 3 aromatic rings. The SMILES string of the molecule is CC(C)c1nc2cc(C(C)(C)C)nn2c(-c2ccc(F)cc2)c1/C=C/C(O)CC(O)CC(=O)O. The predicted molar refractivity (Wildman–Crippen MR) is 129 cm³/mol. The zero-order valence-corrected chi connectivity index (χ0v) is 20.2. The number of aliphatic hydroxyl groups is 2. The van der Waals surface area contributed by atoms with Crippen LogP contribution in [0.2, 0.25) is 0 Å². The third-order valence-electron chi connectivity index (χ3n) is 5.51. The van der Waals surface area contributed by atoms with Gasteiger partial charge in [0.1, 0.15) is 5.82 Å². The quantitative estimate of drug-likeness (QED) is 0.447. The fraction of sp³-hybridized carbons (Fsp3) is 0.423. The third kappa shape index (κ3) is 5.87. The molecule has 0 spiro atoms. The molecule has 7 nitrogen and oxygen atoms in total. The number of halogens is 1. The first kappa shape index (κ1) is 25.5. The van der Waals surface area contributed by atoms with Crippen molar-refractivity contribution in [2.45, 2.75) is 71.0 Å². The van der Waals surface area contributed by atoms with E-state index in [4.69, 9.17) is 15.2 Å². The fourth-order valence-corrected chi connectivity index (χ4v) is 3.74. The molecule has 3 N–H and O–H groups in total. The van der Waals surface area contributed by atoms with Crippen LogP contribution in [0.5, 0.6) is 0 Å². The van der Waals surface area contributed by atoms with E-state index in [9.17, 15) is 19.4 Å². The number of hydrogen-bond acceptors (Lipinski definition) is 5. The van der Waals surface area contributed by atoms with Crippen molar-refractivity contribution in [1.29, 1.82) is 0 Å². The molecule has 2 unspecified atom stereocenters. The zero-order valence-electron chi connectivity index (χ0n) is 20.2. The molecule has 0 radical (unpaired) electrons. The van der Waals surface area contributed by atoms with Crippen molar-refractivity contribution in [2.75, 3.05) is 0 Å². The van der Waals surface area contributed by atoms with Crippen LogP contribution in [-0.2, 0) is 10.2 Å². The summed E-state index contributed by atoms with van der Waals surface area (Å²) >= 11 is 0. The highest BCUT2D eigenvalue weighted by atomic mass is 19.1. The molecule has 0 aliphatic heterocycles. The monoisotopic (exact) mass is 469 g/mol. The van der Waals surface area contributed by atoms with Gasteiger partial charge < -0.3 is 15.3 Å². The van der Waals surface area contributed by atoms with E-state index in [2.05, 4.69) is 20.8 Å². The van der Waals surface area contributed by atoms with Crippen molar-refractivity contribution in [3.63, 3.8) is 0 Å². The van der Waals surface area contributed by atoms with E-state index in [0.717, 1.165) is 17.0 Å². The summed E-state index contributed by atoms with van der Waals surface area (Å²) < 4.78 is 15.4. The van der Waals surface area contributed by atoms with Gasteiger partial charge in [-0.3, -0.25) is 4.79 Å². The largest absolute Gasteiger partial charge is 0.481 e. The van der Waals surface area contributed by atoms with E-state index in [-0.39, 0.29) is 23.6 Å². The lowest BCUT2D eigenvalue weighted by atomic mass is 9.92. The Labute approximate surface area is 198 Å². The average Bonchev–Trinajstić information content (AvgIpc) is 3.15. The molecule has 34 heavy (non-hydrogen) atoms. The van der Waals surface area contributed by atoms with Crippen LogP contribution in [0.4, 0.5) is 4.39 Å². The number of hydrogen-bond donors (Lipinski definition) is 3. The normalized spacial score (nSPS) is 14.3. The second-order valence-corrected chi connectivity index (χ2v) is 9.88. The van der Waals surface area contributed by atoms with Gasteiger partial charge in [0.15, 0.2) is 5.65 Å². The van der Waals surface area contributed by atoms with Gasteiger partial charge in [-0.05, 0) is 30.2 Å². The number of carboxylic acid groups (broad SMARTS) is 1. The van der Waals surface area contributed by atoms with Crippen LogP contribution in [0.15, 0.2) is 36.4 Å². The van der Waals surface area contributed by atoms with Crippen molar-refractivity contribution in [3.05, 3.63) is 59.2 Å². The Morgan fingerprint density at radius 3 is 2.38 bits per heavy atom. The molecule has 3 rings (SSSR count). The third-order valence-corrected chi connectivity index (χ3v) is 5.51. The summed E-state index contributed by atoms with van der Waals surface area (Å²) in [5.74, 6) is -1.45. The smallest absolute Gasteiger partial charge is 0.305 e. The summed E-state index contributed by atoms with van der Waals surface area (Å²) in [6, 6.07) is 8.07. The average molecular weight is 470 g/mol. The van der Waals surface area contributed by atoms with Crippen molar-refractivity contribution >= 4 is 17.7 Å². The molecule has 1 aromatic carbocycles. The van der Waals surface area contributed by atoms with E-state index < -0.39 is 24.6 Å². The maximum Gasteiger partial charge on any atom is 0.305 e. The van der Waals surface area contributed by atoms with Gasteiger partial charge in [0.2, 0.25) is 0 Å². The lowest BCUT2D eigenvalue weighted by Gasteiger charge is -2.17. The number of aliphatic carboxylic acids is 1. The lowest BCUT2D eigenvalue weighted by molar-refractivity contribution is -0.139. The minimum absolute atomic E-state index is 0.0339. The molecule has 182 valence electrons. The van der Waals surface area contributed by atoms with Crippen molar-refractivity contribution in [1.82, 2.24) is 14.6 Å². The van der Waals surface area contributed by atoms with Crippen molar-refractivity contribution in [3.8, 4) is 11.3 Å². The van der Waals surface area contributed by atoms with E-state index >= 15 is 0 Å². The molecular formula is C26H32FN3O4. The van der Waals surface area contributed by atoms with Gasteiger partial charge in [-0.15, -0.1) is 0 Å². The molecule has 0 aliphatic rings. The van der Waals surface area contributed by atoms with Crippen LogP contribution >= 0.6 is 0 Å². The molecule has 2 heterocycles. The maximum atomic E-state index is 13.7. The topological polar surface area (TPSA) is 108 Å². The highest BCUT2D eigenvalue weighted by molar-refractivity contribution is 5.76. The Bertz CT molecular complexity index is 1190. The number of aromatic nitrogens is 3. The van der Waals surface area contributed by atoms with E-state index in [0.29, 0.717) is 16.9 Å². The first-order valence-electron chi connectivity index (χ1n) is 11.3. The van der Waals surface area contributed by atoms with Crippen LogP contribution in [0.1, 0.15) is 70.3 Å². The number of nitrogens with zero attached hydrogens (tertiary/aromatic N) is 3. The Hall–Kier alpha value is -3.10. The van der Waals surface area contributed by atoms with Crippen LogP contribution in [0, 0.1) is 5.82 Å². The molecule has 0 saturated carbocycles. The molecule has 0 saturated heterocycles. The molecular weight excluding hydrogens is 437 g/mol. The molecule has 2 atom stereocenters. The summed E-state index contributed by atoms with van der Waals surface area (Å²) in [5.41, 5.74) is 4.25. The van der Waals surface area contributed by atoms with Gasteiger partial charge in [0.05, 0.1) is 35.7 Å². The minimum Gasteiger partial charge on any atom is -0.481 e. The van der Waals surface area contributed by atoms with Crippen LogP contribution < -0.4 is 0 Å². The first-order valence-corrected chi connectivity index (χ1v) is 11.3. The molecule has 2 aromatic heterocycles. The van der Waals surface area contributed by atoms with Gasteiger partial charge in [-0.2, -0.15) is 5.10 Å². The molecule has 0 bridgehead atoms. The molecule has 0 fully saturated rings. The standard InChI is InChI=1S/C26H32FN3O4/c1-15(2)24-20(11-10-18(31)12-19(32)13-23(33)34)25(16-6-8-17(27)9-7-16)30-22(28-24)14-21(29-30)26(3,4)5/h6-11,14-15,18-19,31-32H,12-13H2,1-5H3,(H,33,34)/b11-10+. The minimum atomic E-state index is -1.17. The van der Waals surface area contributed by atoms with Gasteiger partial charge in [-0.1, -0.05) is 46.8 Å². The summed E-state index contributed by atoms with van der Waals surface area (Å²) in [4.78, 5) is 15.7. The Morgan fingerprint density at radius 1 is 1.18 bits per heavy atom. The second-order valence-electron chi connectivity index (χ2n) is 9.88. The highest BCUT2D eigenvalue weighted by Crippen LogP contribution is 2.33. The van der Waals surface area contributed by atoms with Gasteiger partial charge in [0, 0.05) is 29.0 Å². The summed E-state index contributed by atoms with van der Waals surface area (Å²) in [6.45, 7) is 10.2. The van der Waals surface area contributed by atoms with Crippen LogP contribution in [0.3, 0.4) is 0 Å². The Kier molecular flexibility index (Phi) is 7.53. The molecule has 0 aliphatic carbocycles.